The molecule has 1 unspecified atom stereocenters. The lowest BCUT2D eigenvalue weighted by Crippen LogP contribution is -2.37. The van der Waals surface area contributed by atoms with E-state index in [-0.39, 0.29) is 6.10 Å². The summed E-state index contributed by atoms with van der Waals surface area (Å²) in [6, 6.07) is 6.22. The van der Waals surface area contributed by atoms with Gasteiger partial charge in [-0.3, -0.25) is 14.5 Å². The Morgan fingerprint density at radius 1 is 1.15 bits per heavy atom. The van der Waals surface area contributed by atoms with E-state index in [9.17, 15) is 5.11 Å². The van der Waals surface area contributed by atoms with E-state index in [1.165, 1.54) is 5.69 Å². The van der Waals surface area contributed by atoms with Crippen LogP contribution >= 0.6 is 0 Å². The highest BCUT2D eigenvalue weighted by Crippen LogP contribution is 2.19. The fourth-order valence-corrected chi connectivity index (χ4v) is 4.03. The summed E-state index contributed by atoms with van der Waals surface area (Å²) in [5.74, 6) is 0.620. The number of nitrogens with zero attached hydrogens (tertiary/aromatic N) is 5. The Labute approximate surface area is 154 Å². The quantitative estimate of drug-likeness (QED) is 0.857. The Hall–Kier alpha value is -1.96. The lowest BCUT2D eigenvalue weighted by molar-refractivity contribution is 0.0661. The van der Waals surface area contributed by atoms with Crippen molar-refractivity contribution >= 4 is 5.82 Å². The average Bonchev–Trinajstić information content (AvgIpc) is 2.88. The summed E-state index contributed by atoms with van der Waals surface area (Å²) in [5.41, 5.74) is 9.47. The van der Waals surface area contributed by atoms with E-state index in [2.05, 4.69) is 31.6 Å². The Balaban J connectivity index is 1.43. The number of aliphatic hydroxyl groups excluding tert-OH is 1. The number of nitrogens with two attached hydrogens (primary N) is 1. The number of β-amino-alcohol motifs (C(OH)–C–C–N with tert-alkyl or cyclic N) is 1. The summed E-state index contributed by atoms with van der Waals surface area (Å²) in [6.07, 6.45) is 4.61. The van der Waals surface area contributed by atoms with Gasteiger partial charge in [-0.1, -0.05) is 6.07 Å². The molecule has 1 saturated heterocycles. The highest BCUT2D eigenvalue weighted by Gasteiger charge is 2.21. The van der Waals surface area contributed by atoms with E-state index in [1.807, 2.05) is 6.07 Å². The van der Waals surface area contributed by atoms with Crippen LogP contribution in [0.15, 0.2) is 24.4 Å². The topological polar surface area (TPSA) is 83.4 Å². The second kappa shape index (κ2) is 7.73. The summed E-state index contributed by atoms with van der Waals surface area (Å²) >= 11 is 0. The number of aromatic nitrogens is 3. The fourth-order valence-electron chi connectivity index (χ4n) is 4.03. The van der Waals surface area contributed by atoms with Crippen LogP contribution in [0.2, 0.25) is 0 Å². The monoisotopic (exact) mass is 356 g/mol. The van der Waals surface area contributed by atoms with Crippen LogP contribution in [0.5, 0.6) is 0 Å². The molecule has 1 fully saturated rings. The number of fused-ring (bicyclic) bond motifs is 1. The minimum Gasteiger partial charge on any atom is -0.392 e. The maximum atomic E-state index is 9.86. The highest BCUT2D eigenvalue weighted by atomic mass is 16.3. The molecule has 2 aromatic rings. The normalized spacial score (nSPS) is 22.1. The van der Waals surface area contributed by atoms with Crippen molar-refractivity contribution in [1.82, 2.24) is 24.6 Å². The van der Waals surface area contributed by atoms with Gasteiger partial charge in [0.1, 0.15) is 5.82 Å². The smallest absolute Gasteiger partial charge is 0.127 e. The molecule has 0 radical (unpaired) electrons. The van der Waals surface area contributed by atoms with Crippen molar-refractivity contribution < 1.29 is 5.11 Å². The minimum atomic E-state index is -0.190. The molecule has 0 bridgehead atoms. The average molecular weight is 356 g/mol. The van der Waals surface area contributed by atoms with Crippen LogP contribution in [0.1, 0.15) is 36.2 Å². The van der Waals surface area contributed by atoms with Crippen LogP contribution in [0.4, 0.5) is 5.82 Å². The third-order valence-electron chi connectivity index (χ3n) is 5.33. The summed E-state index contributed by atoms with van der Waals surface area (Å²) in [7, 11) is 0. The summed E-state index contributed by atoms with van der Waals surface area (Å²) < 4.78 is 2.16. The van der Waals surface area contributed by atoms with E-state index >= 15 is 0 Å². The van der Waals surface area contributed by atoms with Crippen molar-refractivity contribution in [2.45, 2.75) is 51.5 Å². The number of pyridine rings is 1. The van der Waals surface area contributed by atoms with Crippen molar-refractivity contribution in [3.05, 3.63) is 41.3 Å². The van der Waals surface area contributed by atoms with E-state index in [0.29, 0.717) is 5.82 Å². The number of aryl methyl sites for hydroxylation is 1. The molecule has 2 aliphatic rings. The minimum absolute atomic E-state index is 0.190. The number of nitrogen functional groups attached to an aromatic ring is 1. The molecule has 4 heterocycles. The zero-order valence-corrected chi connectivity index (χ0v) is 15.2. The van der Waals surface area contributed by atoms with Gasteiger partial charge in [-0.25, -0.2) is 4.98 Å². The number of likely N-dealkylation sites (tertiary alicyclic amines) is 1. The SMILES string of the molecule is Nc1ncccc1CN1CCCn2nc(CN3CCCC(O)C3)cc2C1. The Morgan fingerprint density at radius 2 is 2.04 bits per heavy atom. The van der Waals surface area contributed by atoms with Crippen LogP contribution in [0.3, 0.4) is 0 Å². The van der Waals surface area contributed by atoms with Crippen molar-refractivity contribution in [3.8, 4) is 0 Å². The maximum absolute atomic E-state index is 9.86. The van der Waals surface area contributed by atoms with Gasteiger partial charge in [0, 0.05) is 51.0 Å². The summed E-state index contributed by atoms with van der Waals surface area (Å²) in [4.78, 5) is 8.92. The molecule has 2 aromatic heterocycles. The zero-order valence-electron chi connectivity index (χ0n) is 15.2. The Morgan fingerprint density at radius 3 is 2.88 bits per heavy atom. The number of piperidine rings is 1. The van der Waals surface area contributed by atoms with Crippen molar-refractivity contribution in [1.29, 1.82) is 0 Å². The number of hydrogen-bond acceptors (Lipinski definition) is 6. The van der Waals surface area contributed by atoms with Crippen molar-refractivity contribution in [3.63, 3.8) is 0 Å². The van der Waals surface area contributed by atoms with Gasteiger partial charge in [0.15, 0.2) is 0 Å². The molecule has 0 aromatic carbocycles. The third-order valence-corrected chi connectivity index (χ3v) is 5.33. The lowest BCUT2D eigenvalue weighted by Gasteiger charge is -2.29. The molecule has 3 N–H and O–H groups in total. The number of anilines is 1. The molecule has 0 amide bonds. The van der Waals surface area contributed by atoms with Crippen LogP contribution < -0.4 is 5.73 Å². The molecule has 7 nitrogen and oxygen atoms in total. The first-order valence-electron chi connectivity index (χ1n) is 9.55. The molecule has 0 saturated carbocycles. The van der Waals surface area contributed by atoms with Crippen LogP contribution in [0, 0.1) is 0 Å². The standard InChI is InChI=1S/C19H28N6O/c20-19-15(4-1-6-21-19)11-23-8-3-9-25-17(13-23)10-16(22-25)12-24-7-2-5-18(26)14-24/h1,4,6,10,18,26H,2-3,5,7-9,11-14H2,(H2,20,21). The van der Waals surface area contributed by atoms with Crippen molar-refractivity contribution in [2.24, 2.45) is 0 Å². The Bertz CT molecular complexity index is 745. The number of rotatable bonds is 4. The van der Waals surface area contributed by atoms with Gasteiger partial charge in [0.25, 0.3) is 0 Å². The van der Waals surface area contributed by atoms with Crippen LogP contribution in [0.25, 0.3) is 0 Å². The molecule has 7 heteroatoms. The van der Waals surface area contributed by atoms with Gasteiger partial charge < -0.3 is 10.8 Å². The first kappa shape index (κ1) is 17.5. The first-order valence-corrected chi connectivity index (χ1v) is 9.55. The van der Waals surface area contributed by atoms with Gasteiger partial charge in [-0.2, -0.15) is 5.10 Å². The van der Waals surface area contributed by atoms with E-state index in [1.54, 1.807) is 6.20 Å². The molecule has 1 atom stereocenters. The van der Waals surface area contributed by atoms with E-state index in [0.717, 1.165) is 76.3 Å². The zero-order chi connectivity index (χ0) is 17.9. The molecule has 0 aliphatic carbocycles. The Kier molecular flexibility index (Phi) is 5.19. The van der Waals surface area contributed by atoms with Crippen molar-refractivity contribution in [2.75, 3.05) is 25.4 Å². The molecule has 4 rings (SSSR count). The molecule has 26 heavy (non-hydrogen) atoms. The number of hydrogen-bond donors (Lipinski definition) is 2. The van der Waals surface area contributed by atoms with Gasteiger partial charge in [0.05, 0.1) is 17.5 Å². The molecular formula is C19H28N6O. The second-order valence-electron chi connectivity index (χ2n) is 7.49. The van der Waals surface area contributed by atoms with Crippen LogP contribution in [-0.4, -0.2) is 55.4 Å². The van der Waals surface area contributed by atoms with Gasteiger partial charge in [0.2, 0.25) is 0 Å². The molecular weight excluding hydrogens is 328 g/mol. The molecule has 2 aliphatic heterocycles. The maximum Gasteiger partial charge on any atom is 0.127 e. The van der Waals surface area contributed by atoms with E-state index in [4.69, 9.17) is 10.8 Å². The van der Waals surface area contributed by atoms with Gasteiger partial charge in [-0.15, -0.1) is 0 Å². The van der Waals surface area contributed by atoms with Gasteiger partial charge >= 0.3 is 0 Å². The van der Waals surface area contributed by atoms with Crippen LogP contribution in [-0.2, 0) is 26.2 Å². The third kappa shape index (κ3) is 4.06. The summed E-state index contributed by atoms with van der Waals surface area (Å²) in [5, 5.41) is 14.7. The molecule has 140 valence electrons. The predicted molar refractivity (Wildman–Crippen MR) is 100 cm³/mol. The largest absolute Gasteiger partial charge is 0.392 e. The fraction of sp³-hybridized carbons (Fsp3) is 0.579. The predicted octanol–water partition coefficient (Wildman–Crippen LogP) is 1.22. The number of aliphatic hydroxyl groups is 1. The molecule has 0 spiro atoms. The van der Waals surface area contributed by atoms with Gasteiger partial charge in [-0.05, 0) is 37.9 Å². The first-order chi connectivity index (χ1) is 12.7. The highest BCUT2D eigenvalue weighted by molar-refractivity contribution is 5.38. The van der Waals surface area contributed by atoms with E-state index < -0.39 is 0 Å². The summed E-state index contributed by atoms with van der Waals surface area (Å²) in [6.45, 7) is 6.32. The second-order valence-corrected chi connectivity index (χ2v) is 7.49. The lowest BCUT2D eigenvalue weighted by atomic mass is 10.1.